The Balaban J connectivity index is 1.41. The van der Waals surface area contributed by atoms with E-state index in [1.807, 2.05) is 4.90 Å². The van der Waals surface area contributed by atoms with Crippen LogP contribution < -0.4 is 0 Å². The van der Waals surface area contributed by atoms with Crippen LogP contribution in [0, 0.1) is 0 Å². The number of imide groups is 1. The quantitative estimate of drug-likeness (QED) is 0.689. The average Bonchev–Trinajstić information content (AvgIpc) is 3.12. The molecule has 3 rings (SSSR count). The first-order valence-corrected chi connectivity index (χ1v) is 9.71. The summed E-state index contributed by atoms with van der Waals surface area (Å²) in [7, 11) is 0. The largest absolute Gasteiger partial charge is 0.340 e. The second-order valence-corrected chi connectivity index (χ2v) is 8.60. The average molecular weight is 414 g/mol. The van der Waals surface area contributed by atoms with E-state index in [0.717, 1.165) is 23.4 Å². The number of amides is 3. The van der Waals surface area contributed by atoms with Gasteiger partial charge in [0, 0.05) is 63.4 Å². The van der Waals surface area contributed by atoms with Crippen molar-refractivity contribution in [1.29, 1.82) is 0 Å². The van der Waals surface area contributed by atoms with Crippen molar-refractivity contribution in [2.75, 3.05) is 32.7 Å². The fraction of sp³-hybridized carbons (Fsp3) is 0.562. The van der Waals surface area contributed by atoms with Crippen LogP contribution in [0.3, 0.4) is 0 Å². The minimum Gasteiger partial charge on any atom is -0.340 e. The third kappa shape index (κ3) is 4.23. The zero-order valence-electron chi connectivity index (χ0n) is 13.4. The van der Waals surface area contributed by atoms with Crippen LogP contribution in [0.15, 0.2) is 15.9 Å². The van der Waals surface area contributed by atoms with E-state index in [1.54, 1.807) is 11.3 Å². The van der Waals surface area contributed by atoms with E-state index in [1.165, 1.54) is 9.78 Å². The molecule has 3 amide bonds. The van der Waals surface area contributed by atoms with Gasteiger partial charge in [-0.2, -0.15) is 0 Å². The summed E-state index contributed by atoms with van der Waals surface area (Å²) in [6, 6.07) is 4.18. The topological polar surface area (TPSA) is 60.9 Å². The molecule has 0 N–H and O–H groups in total. The number of piperazine rings is 1. The van der Waals surface area contributed by atoms with Crippen LogP contribution in [0.1, 0.15) is 24.1 Å². The molecule has 0 spiro atoms. The summed E-state index contributed by atoms with van der Waals surface area (Å²) in [4.78, 5) is 42.1. The Morgan fingerprint density at radius 3 is 2.33 bits per heavy atom. The van der Waals surface area contributed by atoms with Crippen molar-refractivity contribution in [3.05, 3.63) is 20.8 Å². The van der Waals surface area contributed by atoms with Gasteiger partial charge in [0.25, 0.3) is 0 Å². The molecule has 0 bridgehead atoms. The van der Waals surface area contributed by atoms with Gasteiger partial charge in [-0.3, -0.25) is 24.2 Å². The Labute approximate surface area is 153 Å². The molecule has 0 aromatic carbocycles. The third-order valence-corrected chi connectivity index (χ3v) is 6.05. The number of nitrogens with zero attached hydrogens (tertiary/aromatic N) is 3. The van der Waals surface area contributed by atoms with E-state index < -0.39 is 0 Å². The first-order chi connectivity index (χ1) is 11.5. The van der Waals surface area contributed by atoms with E-state index in [4.69, 9.17) is 0 Å². The molecule has 2 aliphatic heterocycles. The number of carbonyl (C=O) groups is 3. The monoisotopic (exact) mass is 413 g/mol. The molecule has 0 aliphatic carbocycles. The summed E-state index contributed by atoms with van der Waals surface area (Å²) in [5.41, 5.74) is 0. The number of carbonyl (C=O) groups excluding carboxylic acids is 3. The van der Waals surface area contributed by atoms with Gasteiger partial charge in [-0.1, -0.05) is 0 Å². The maximum atomic E-state index is 12.3. The fourth-order valence-corrected chi connectivity index (χ4v) is 4.58. The highest BCUT2D eigenvalue weighted by Crippen LogP contribution is 2.23. The zero-order valence-corrected chi connectivity index (χ0v) is 15.8. The molecule has 6 nitrogen and oxygen atoms in total. The fourth-order valence-electron chi connectivity index (χ4n) is 3.05. The standard InChI is InChI=1S/C16H20BrN3O3S/c17-13-2-1-12(24-13)11-18-7-9-19(10-8-18)14(21)5-6-20-15(22)3-4-16(20)23/h1-2H,3-11H2. The van der Waals surface area contributed by atoms with Gasteiger partial charge in [-0.05, 0) is 28.1 Å². The van der Waals surface area contributed by atoms with Gasteiger partial charge in [0.2, 0.25) is 17.7 Å². The van der Waals surface area contributed by atoms with Crippen molar-refractivity contribution in [3.8, 4) is 0 Å². The molecule has 0 atom stereocenters. The lowest BCUT2D eigenvalue weighted by atomic mass is 10.2. The van der Waals surface area contributed by atoms with E-state index >= 15 is 0 Å². The molecule has 2 aliphatic rings. The van der Waals surface area contributed by atoms with Crippen molar-refractivity contribution in [2.45, 2.75) is 25.8 Å². The Morgan fingerprint density at radius 1 is 1.08 bits per heavy atom. The van der Waals surface area contributed by atoms with Crippen LogP contribution in [0.5, 0.6) is 0 Å². The molecule has 1 aromatic heterocycles. The van der Waals surface area contributed by atoms with Crippen LogP contribution in [-0.4, -0.2) is 65.1 Å². The second-order valence-electron chi connectivity index (χ2n) is 6.05. The summed E-state index contributed by atoms with van der Waals surface area (Å²) >= 11 is 5.21. The van der Waals surface area contributed by atoms with E-state index in [-0.39, 0.29) is 43.5 Å². The normalized spacial score (nSPS) is 19.4. The van der Waals surface area contributed by atoms with Gasteiger partial charge in [0.1, 0.15) is 0 Å². The van der Waals surface area contributed by atoms with Gasteiger partial charge in [0.05, 0.1) is 3.79 Å². The predicted molar refractivity (Wildman–Crippen MR) is 94.4 cm³/mol. The maximum Gasteiger partial charge on any atom is 0.229 e. The van der Waals surface area contributed by atoms with Gasteiger partial charge in [-0.15, -0.1) is 11.3 Å². The third-order valence-electron chi connectivity index (χ3n) is 4.44. The summed E-state index contributed by atoms with van der Waals surface area (Å²) in [5, 5.41) is 0. The van der Waals surface area contributed by atoms with E-state index in [0.29, 0.717) is 13.1 Å². The molecule has 2 saturated heterocycles. The Bertz CT molecular complexity index is 624. The van der Waals surface area contributed by atoms with E-state index in [9.17, 15) is 14.4 Å². The van der Waals surface area contributed by atoms with Crippen molar-refractivity contribution in [1.82, 2.24) is 14.7 Å². The number of likely N-dealkylation sites (tertiary alicyclic amines) is 1. The lowest BCUT2D eigenvalue weighted by Gasteiger charge is -2.34. The highest BCUT2D eigenvalue weighted by molar-refractivity contribution is 9.11. The van der Waals surface area contributed by atoms with Crippen molar-refractivity contribution in [2.24, 2.45) is 0 Å². The summed E-state index contributed by atoms with van der Waals surface area (Å²) < 4.78 is 1.14. The number of hydrogen-bond donors (Lipinski definition) is 0. The number of rotatable bonds is 5. The van der Waals surface area contributed by atoms with Gasteiger partial charge in [0.15, 0.2) is 0 Å². The van der Waals surface area contributed by atoms with Gasteiger partial charge < -0.3 is 4.90 Å². The molecule has 0 unspecified atom stereocenters. The highest BCUT2D eigenvalue weighted by Gasteiger charge is 2.30. The molecule has 130 valence electrons. The summed E-state index contributed by atoms with van der Waals surface area (Å²) in [6.45, 7) is 4.24. The molecular weight excluding hydrogens is 394 g/mol. The molecule has 0 saturated carbocycles. The lowest BCUT2D eigenvalue weighted by molar-refractivity contribution is -0.139. The zero-order chi connectivity index (χ0) is 17.1. The highest BCUT2D eigenvalue weighted by atomic mass is 79.9. The second kappa shape index (κ2) is 7.76. The molecule has 0 radical (unpaired) electrons. The molecule has 1 aromatic rings. The molecule has 8 heteroatoms. The molecule has 24 heavy (non-hydrogen) atoms. The van der Waals surface area contributed by atoms with E-state index in [2.05, 4.69) is 33.0 Å². The maximum absolute atomic E-state index is 12.3. The van der Waals surface area contributed by atoms with Crippen LogP contribution in [0.4, 0.5) is 0 Å². The Hall–Kier alpha value is -1.25. The van der Waals surface area contributed by atoms with Crippen LogP contribution in [0.2, 0.25) is 0 Å². The van der Waals surface area contributed by atoms with Crippen molar-refractivity contribution >= 4 is 45.0 Å². The molecular formula is C16H20BrN3O3S. The minimum atomic E-state index is -0.153. The number of hydrogen-bond acceptors (Lipinski definition) is 5. The summed E-state index contributed by atoms with van der Waals surface area (Å²) in [5.74, 6) is -0.277. The van der Waals surface area contributed by atoms with Gasteiger partial charge >= 0.3 is 0 Å². The lowest BCUT2D eigenvalue weighted by Crippen LogP contribution is -2.48. The SMILES string of the molecule is O=C(CCN1C(=O)CCC1=O)N1CCN(Cc2ccc(Br)s2)CC1. The van der Waals surface area contributed by atoms with Crippen LogP contribution in [0.25, 0.3) is 0 Å². The number of thiophene rings is 1. The van der Waals surface area contributed by atoms with Crippen LogP contribution >= 0.6 is 27.3 Å². The molecule has 3 heterocycles. The Morgan fingerprint density at radius 2 is 1.75 bits per heavy atom. The predicted octanol–water partition coefficient (Wildman–Crippen LogP) is 1.69. The first kappa shape index (κ1) is 17.6. The minimum absolute atomic E-state index is 0.0287. The van der Waals surface area contributed by atoms with Crippen molar-refractivity contribution in [3.63, 3.8) is 0 Å². The Kier molecular flexibility index (Phi) is 5.68. The first-order valence-electron chi connectivity index (χ1n) is 8.10. The number of halogens is 1. The smallest absolute Gasteiger partial charge is 0.229 e. The van der Waals surface area contributed by atoms with Crippen molar-refractivity contribution < 1.29 is 14.4 Å². The molecule has 2 fully saturated rings. The summed E-state index contributed by atoms with van der Waals surface area (Å²) in [6.07, 6.45) is 0.796. The van der Waals surface area contributed by atoms with Gasteiger partial charge in [-0.25, -0.2) is 0 Å². The van der Waals surface area contributed by atoms with Crippen LogP contribution in [-0.2, 0) is 20.9 Å².